The Kier molecular flexibility index (Phi) is 4.70. The average molecular weight is 336 g/mol. The maximum absolute atomic E-state index is 12.7. The molecule has 0 spiro atoms. The first-order chi connectivity index (χ1) is 12.3. The summed E-state index contributed by atoms with van der Waals surface area (Å²) in [6, 6.07) is 18.5. The van der Waals surface area contributed by atoms with E-state index >= 15 is 0 Å². The molecule has 2 aliphatic rings. The second-order valence-electron chi connectivity index (χ2n) is 6.84. The van der Waals surface area contributed by atoms with Crippen molar-refractivity contribution in [2.45, 2.75) is 12.3 Å². The lowest BCUT2D eigenvalue weighted by Gasteiger charge is -2.30. The van der Waals surface area contributed by atoms with Crippen molar-refractivity contribution in [1.29, 1.82) is 0 Å². The summed E-state index contributed by atoms with van der Waals surface area (Å²) in [4.78, 5) is 15.0. The fourth-order valence-corrected chi connectivity index (χ4v) is 3.65. The third-order valence-corrected chi connectivity index (χ3v) is 5.18. The summed E-state index contributed by atoms with van der Waals surface area (Å²) in [5.74, 6) is 1.18. The van der Waals surface area contributed by atoms with Crippen LogP contribution < -0.4 is 10.2 Å². The van der Waals surface area contributed by atoms with E-state index in [1.165, 1.54) is 5.56 Å². The number of morpholine rings is 1. The number of amides is 1. The number of hydrogen-bond acceptors (Lipinski definition) is 3. The summed E-state index contributed by atoms with van der Waals surface area (Å²) in [5.41, 5.74) is 3.16. The molecule has 2 aromatic carbocycles. The van der Waals surface area contributed by atoms with Gasteiger partial charge in [-0.05, 0) is 36.0 Å². The topological polar surface area (TPSA) is 41.6 Å². The van der Waals surface area contributed by atoms with Crippen molar-refractivity contribution in [3.8, 4) is 0 Å². The Hall–Kier alpha value is -2.33. The number of rotatable bonds is 5. The van der Waals surface area contributed by atoms with Gasteiger partial charge in [0.05, 0.1) is 18.8 Å². The fourth-order valence-electron chi connectivity index (χ4n) is 3.65. The maximum atomic E-state index is 12.7. The minimum Gasteiger partial charge on any atom is -0.378 e. The molecule has 1 saturated heterocycles. The van der Waals surface area contributed by atoms with E-state index in [0.29, 0.717) is 11.8 Å². The van der Waals surface area contributed by atoms with Gasteiger partial charge in [0, 0.05) is 25.3 Å². The molecular formula is C21H24N2O2. The summed E-state index contributed by atoms with van der Waals surface area (Å²) >= 11 is 0. The molecule has 1 amide bonds. The Morgan fingerprint density at radius 2 is 1.76 bits per heavy atom. The predicted molar refractivity (Wildman–Crippen MR) is 99.1 cm³/mol. The van der Waals surface area contributed by atoms with Crippen molar-refractivity contribution in [3.05, 3.63) is 65.7 Å². The Labute approximate surface area is 148 Å². The van der Waals surface area contributed by atoms with Crippen LogP contribution in [0, 0.1) is 5.92 Å². The molecule has 2 aromatic rings. The van der Waals surface area contributed by atoms with Gasteiger partial charge < -0.3 is 15.0 Å². The molecule has 0 unspecified atom stereocenters. The van der Waals surface area contributed by atoms with Gasteiger partial charge >= 0.3 is 0 Å². The highest BCUT2D eigenvalue weighted by Crippen LogP contribution is 2.46. The standard InChI is InChI=1S/C21H24N2O2/c24-21(22-15-17-14-19(17)16-6-2-1-3-7-16)18-8-4-5-9-20(18)23-10-12-25-13-11-23/h1-9,17,19H,10-15H2,(H,22,24)/t17-,19+/m0/s1. The molecule has 130 valence electrons. The first-order valence-corrected chi connectivity index (χ1v) is 9.08. The van der Waals surface area contributed by atoms with Gasteiger partial charge in [-0.2, -0.15) is 0 Å². The van der Waals surface area contributed by atoms with Crippen LogP contribution in [-0.2, 0) is 4.74 Å². The van der Waals surface area contributed by atoms with Crippen LogP contribution >= 0.6 is 0 Å². The number of anilines is 1. The zero-order valence-electron chi connectivity index (χ0n) is 14.4. The largest absolute Gasteiger partial charge is 0.378 e. The Morgan fingerprint density at radius 1 is 1.04 bits per heavy atom. The molecule has 0 bridgehead atoms. The zero-order chi connectivity index (χ0) is 17.1. The average Bonchev–Trinajstić information content (AvgIpc) is 3.47. The molecule has 1 aliphatic heterocycles. The van der Waals surface area contributed by atoms with E-state index in [1.807, 2.05) is 30.3 Å². The molecule has 4 nitrogen and oxygen atoms in total. The van der Waals surface area contributed by atoms with Gasteiger partial charge in [0.2, 0.25) is 0 Å². The number of carbonyl (C=O) groups excluding carboxylic acids is 1. The first kappa shape index (κ1) is 16.2. The molecule has 25 heavy (non-hydrogen) atoms. The highest BCUT2D eigenvalue weighted by molar-refractivity contribution is 5.99. The van der Waals surface area contributed by atoms with Crippen LogP contribution in [0.25, 0.3) is 0 Å². The zero-order valence-corrected chi connectivity index (χ0v) is 14.4. The summed E-state index contributed by atoms with van der Waals surface area (Å²) in [7, 11) is 0. The monoisotopic (exact) mass is 336 g/mol. The van der Waals surface area contributed by atoms with Crippen LogP contribution in [0.3, 0.4) is 0 Å². The molecule has 1 aliphatic carbocycles. The van der Waals surface area contributed by atoms with Crippen LogP contribution in [-0.4, -0.2) is 38.8 Å². The van der Waals surface area contributed by atoms with E-state index in [9.17, 15) is 4.79 Å². The number of nitrogens with zero attached hydrogens (tertiary/aromatic N) is 1. The molecule has 1 heterocycles. The van der Waals surface area contributed by atoms with Crippen LogP contribution in [0.5, 0.6) is 0 Å². The lowest BCUT2D eigenvalue weighted by molar-refractivity contribution is 0.0950. The molecule has 0 aromatic heterocycles. The van der Waals surface area contributed by atoms with Gasteiger partial charge in [-0.15, -0.1) is 0 Å². The highest BCUT2D eigenvalue weighted by Gasteiger charge is 2.38. The SMILES string of the molecule is O=C(NC[C@@H]1C[C@@H]1c1ccccc1)c1ccccc1N1CCOCC1. The molecule has 4 heteroatoms. The van der Waals surface area contributed by atoms with Gasteiger partial charge in [0.25, 0.3) is 5.91 Å². The second kappa shape index (κ2) is 7.28. The number of hydrogen-bond donors (Lipinski definition) is 1. The fraction of sp³-hybridized carbons (Fsp3) is 0.381. The Balaban J connectivity index is 1.37. The Bertz CT molecular complexity index is 726. The highest BCUT2D eigenvalue weighted by atomic mass is 16.5. The minimum atomic E-state index is 0.0285. The van der Waals surface area contributed by atoms with Gasteiger partial charge in [-0.1, -0.05) is 42.5 Å². The third kappa shape index (κ3) is 3.69. The summed E-state index contributed by atoms with van der Waals surface area (Å²) in [6.45, 7) is 3.86. The van der Waals surface area contributed by atoms with E-state index in [0.717, 1.165) is 50.5 Å². The third-order valence-electron chi connectivity index (χ3n) is 5.18. The van der Waals surface area contributed by atoms with E-state index in [1.54, 1.807) is 0 Å². The normalized spacial score (nSPS) is 22.5. The van der Waals surface area contributed by atoms with Gasteiger partial charge in [-0.3, -0.25) is 4.79 Å². The number of ether oxygens (including phenoxy) is 1. The van der Waals surface area contributed by atoms with Crippen LogP contribution in [0.2, 0.25) is 0 Å². The Morgan fingerprint density at radius 3 is 2.56 bits per heavy atom. The van der Waals surface area contributed by atoms with Crippen LogP contribution in [0.4, 0.5) is 5.69 Å². The summed E-state index contributed by atoms with van der Waals surface area (Å²) < 4.78 is 5.42. The molecule has 2 fully saturated rings. The predicted octanol–water partition coefficient (Wildman–Crippen LogP) is 3.06. The number of benzene rings is 2. The van der Waals surface area contributed by atoms with E-state index in [2.05, 4.69) is 34.5 Å². The molecule has 1 saturated carbocycles. The van der Waals surface area contributed by atoms with Gasteiger partial charge in [0.1, 0.15) is 0 Å². The van der Waals surface area contributed by atoms with Crippen molar-refractivity contribution in [3.63, 3.8) is 0 Å². The lowest BCUT2D eigenvalue weighted by atomic mass is 10.1. The molecule has 2 atom stereocenters. The maximum Gasteiger partial charge on any atom is 0.253 e. The minimum absolute atomic E-state index is 0.0285. The van der Waals surface area contributed by atoms with Crippen molar-refractivity contribution in [1.82, 2.24) is 5.32 Å². The number of nitrogens with one attached hydrogen (secondary N) is 1. The van der Waals surface area contributed by atoms with Crippen LogP contribution in [0.1, 0.15) is 28.3 Å². The van der Waals surface area contributed by atoms with Crippen molar-refractivity contribution < 1.29 is 9.53 Å². The van der Waals surface area contributed by atoms with E-state index in [4.69, 9.17) is 4.74 Å². The summed E-state index contributed by atoms with van der Waals surface area (Å²) in [6.07, 6.45) is 1.16. The van der Waals surface area contributed by atoms with Crippen molar-refractivity contribution in [2.75, 3.05) is 37.7 Å². The quantitative estimate of drug-likeness (QED) is 0.912. The number of carbonyl (C=O) groups is 1. The van der Waals surface area contributed by atoms with E-state index in [-0.39, 0.29) is 5.91 Å². The van der Waals surface area contributed by atoms with Crippen LogP contribution in [0.15, 0.2) is 54.6 Å². The van der Waals surface area contributed by atoms with E-state index < -0.39 is 0 Å². The molecule has 1 N–H and O–H groups in total. The second-order valence-corrected chi connectivity index (χ2v) is 6.84. The van der Waals surface area contributed by atoms with Gasteiger partial charge in [0.15, 0.2) is 0 Å². The van der Waals surface area contributed by atoms with Gasteiger partial charge in [-0.25, -0.2) is 0 Å². The molecular weight excluding hydrogens is 312 g/mol. The van der Waals surface area contributed by atoms with Crippen molar-refractivity contribution in [2.24, 2.45) is 5.92 Å². The van der Waals surface area contributed by atoms with Crippen molar-refractivity contribution >= 4 is 11.6 Å². The number of para-hydroxylation sites is 1. The lowest BCUT2D eigenvalue weighted by Crippen LogP contribution is -2.38. The molecule has 0 radical (unpaired) electrons. The first-order valence-electron chi connectivity index (χ1n) is 9.08. The smallest absolute Gasteiger partial charge is 0.253 e. The molecule has 4 rings (SSSR count). The summed E-state index contributed by atoms with van der Waals surface area (Å²) in [5, 5.41) is 3.14.